The molecule has 0 atom stereocenters. The third kappa shape index (κ3) is 4.24. The molecule has 1 aliphatic heterocycles. The molecule has 2 aromatic rings. The highest BCUT2D eigenvalue weighted by Crippen LogP contribution is 2.19. The quantitative estimate of drug-likeness (QED) is 0.866. The van der Waals surface area contributed by atoms with E-state index in [2.05, 4.69) is 10.4 Å². The van der Waals surface area contributed by atoms with Crippen LogP contribution in [0.4, 0.5) is 10.6 Å². The minimum atomic E-state index is -0.357. The number of anilines is 1. The van der Waals surface area contributed by atoms with Crippen LogP contribution in [0.5, 0.6) is 0 Å². The Labute approximate surface area is 156 Å². The number of hydrogen-bond acceptors (Lipinski definition) is 6. The number of methoxy groups -OCH3 is 1. The first-order valence-corrected chi connectivity index (χ1v) is 8.51. The summed E-state index contributed by atoms with van der Waals surface area (Å²) in [6, 6.07) is 11.3. The summed E-state index contributed by atoms with van der Waals surface area (Å²) in [6.45, 7) is 2.33. The van der Waals surface area contributed by atoms with Crippen LogP contribution in [0.15, 0.2) is 36.5 Å². The zero-order chi connectivity index (χ0) is 19.2. The molecule has 1 aromatic carbocycles. The van der Waals surface area contributed by atoms with Crippen molar-refractivity contribution in [3.63, 3.8) is 0 Å². The Hall–Kier alpha value is -3.38. The Morgan fingerprint density at radius 2 is 1.93 bits per heavy atom. The number of nitrogens with one attached hydrogen (secondary N) is 1. The molecule has 0 spiro atoms. The number of carbonyl (C=O) groups is 2. The maximum Gasteiger partial charge on any atom is 0.409 e. The van der Waals surface area contributed by atoms with Gasteiger partial charge in [0.15, 0.2) is 5.82 Å². The molecule has 1 N–H and O–H groups in total. The van der Waals surface area contributed by atoms with E-state index in [9.17, 15) is 14.9 Å². The summed E-state index contributed by atoms with van der Waals surface area (Å²) in [5, 5.41) is 16.3. The Morgan fingerprint density at radius 3 is 2.56 bits per heavy atom. The molecule has 0 aliphatic carbocycles. The number of piperazine rings is 1. The van der Waals surface area contributed by atoms with Crippen LogP contribution >= 0.6 is 0 Å². The second-order valence-electron chi connectivity index (χ2n) is 6.05. The highest BCUT2D eigenvalue weighted by atomic mass is 16.5. The summed E-state index contributed by atoms with van der Waals surface area (Å²) < 4.78 is 6.24. The van der Waals surface area contributed by atoms with Crippen molar-refractivity contribution in [3.8, 4) is 11.8 Å². The molecular formula is C18H20N6O3. The Bertz CT molecular complexity index is 850. The number of aromatic nitrogens is 2. The van der Waals surface area contributed by atoms with Gasteiger partial charge in [-0.25, -0.2) is 9.48 Å². The maximum atomic E-state index is 12.5. The number of carbonyl (C=O) groups excluding carboxylic acids is 2. The lowest BCUT2D eigenvalue weighted by molar-refractivity contribution is -0.117. The number of amides is 2. The largest absolute Gasteiger partial charge is 0.453 e. The number of rotatable bonds is 4. The summed E-state index contributed by atoms with van der Waals surface area (Å²) in [7, 11) is 1.35. The summed E-state index contributed by atoms with van der Waals surface area (Å²) >= 11 is 0. The SMILES string of the molecule is COC(=O)N1CCN(CC(=O)Nc2c(C#N)cnn2-c2ccccc2)CC1. The number of hydrogen-bond donors (Lipinski definition) is 1. The molecule has 1 fully saturated rings. The Kier molecular flexibility index (Phi) is 5.68. The number of ether oxygens (including phenoxy) is 1. The topological polar surface area (TPSA) is 103 Å². The van der Waals surface area contributed by atoms with Gasteiger partial charge in [-0.3, -0.25) is 9.69 Å². The minimum Gasteiger partial charge on any atom is -0.453 e. The van der Waals surface area contributed by atoms with Crippen molar-refractivity contribution in [1.29, 1.82) is 5.26 Å². The van der Waals surface area contributed by atoms with Crippen LogP contribution in [-0.2, 0) is 9.53 Å². The monoisotopic (exact) mass is 368 g/mol. The van der Waals surface area contributed by atoms with Crippen molar-refractivity contribution in [1.82, 2.24) is 19.6 Å². The molecule has 140 valence electrons. The molecule has 1 aromatic heterocycles. The number of nitrogens with zero attached hydrogens (tertiary/aromatic N) is 5. The molecule has 2 amide bonds. The molecule has 9 nitrogen and oxygen atoms in total. The van der Waals surface area contributed by atoms with E-state index in [0.717, 1.165) is 5.69 Å². The summed E-state index contributed by atoms with van der Waals surface area (Å²) in [6.07, 6.45) is 1.07. The Balaban J connectivity index is 1.64. The first-order valence-electron chi connectivity index (χ1n) is 8.51. The summed E-state index contributed by atoms with van der Waals surface area (Å²) in [5.74, 6) is 0.109. The zero-order valence-electron chi connectivity index (χ0n) is 15.0. The molecule has 9 heteroatoms. The van der Waals surface area contributed by atoms with Crippen LogP contribution in [0.1, 0.15) is 5.56 Å². The van der Waals surface area contributed by atoms with E-state index >= 15 is 0 Å². The predicted molar refractivity (Wildman–Crippen MR) is 97.3 cm³/mol. The lowest BCUT2D eigenvalue weighted by atomic mass is 10.3. The third-order valence-electron chi connectivity index (χ3n) is 4.32. The van der Waals surface area contributed by atoms with E-state index in [-0.39, 0.29) is 18.5 Å². The van der Waals surface area contributed by atoms with Crippen LogP contribution in [0.2, 0.25) is 0 Å². The van der Waals surface area contributed by atoms with Crippen LogP contribution in [-0.4, -0.2) is 71.4 Å². The molecule has 2 heterocycles. The standard InChI is InChI=1S/C18H20N6O3/c1-27-18(26)23-9-7-22(8-10-23)13-16(25)21-17-14(11-19)12-20-24(17)15-5-3-2-4-6-15/h2-6,12H,7-10,13H2,1H3,(H,21,25). The van der Waals surface area contributed by atoms with Crippen LogP contribution in [0, 0.1) is 11.3 Å². The van der Waals surface area contributed by atoms with Gasteiger partial charge in [0.1, 0.15) is 11.6 Å². The van der Waals surface area contributed by atoms with Crippen LogP contribution in [0.25, 0.3) is 5.69 Å². The average Bonchev–Trinajstić information content (AvgIpc) is 3.11. The first kappa shape index (κ1) is 18.4. The van der Waals surface area contributed by atoms with E-state index in [1.165, 1.54) is 18.0 Å². The smallest absolute Gasteiger partial charge is 0.409 e. The van der Waals surface area contributed by atoms with E-state index in [0.29, 0.717) is 37.6 Å². The van der Waals surface area contributed by atoms with Gasteiger partial charge in [0, 0.05) is 26.2 Å². The highest BCUT2D eigenvalue weighted by Gasteiger charge is 2.23. The number of benzene rings is 1. The molecule has 0 saturated carbocycles. The van der Waals surface area contributed by atoms with Gasteiger partial charge in [-0.15, -0.1) is 0 Å². The summed E-state index contributed by atoms with van der Waals surface area (Å²) in [5.41, 5.74) is 1.05. The predicted octanol–water partition coefficient (Wildman–Crippen LogP) is 1.07. The van der Waals surface area contributed by atoms with Crippen molar-refractivity contribution >= 4 is 17.8 Å². The van der Waals surface area contributed by atoms with Gasteiger partial charge in [0.2, 0.25) is 5.91 Å². The fourth-order valence-electron chi connectivity index (χ4n) is 2.91. The van der Waals surface area contributed by atoms with Crippen molar-refractivity contribution in [2.45, 2.75) is 0 Å². The fraction of sp³-hybridized carbons (Fsp3) is 0.333. The second-order valence-corrected chi connectivity index (χ2v) is 6.05. The fourth-order valence-corrected chi connectivity index (χ4v) is 2.91. The van der Waals surface area contributed by atoms with Crippen LogP contribution < -0.4 is 5.32 Å². The van der Waals surface area contributed by atoms with Crippen molar-refractivity contribution in [2.75, 3.05) is 45.2 Å². The van der Waals surface area contributed by atoms with Gasteiger partial charge in [-0.1, -0.05) is 18.2 Å². The molecular weight excluding hydrogens is 348 g/mol. The number of para-hydroxylation sites is 1. The van der Waals surface area contributed by atoms with Crippen LogP contribution in [0.3, 0.4) is 0 Å². The number of nitriles is 1. The molecule has 1 saturated heterocycles. The van der Waals surface area contributed by atoms with Gasteiger partial charge >= 0.3 is 6.09 Å². The van der Waals surface area contributed by atoms with E-state index in [4.69, 9.17) is 4.74 Å². The van der Waals surface area contributed by atoms with Gasteiger partial charge in [-0.05, 0) is 12.1 Å². The van der Waals surface area contributed by atoms with Gasteiger partial charge in [-0.2, -0.15) is 10.4 Å². The van der Waals surface area contributed by atoms with Crippen molar-refractivity contribution in [3.05, 3.63) is 42.1 Å². The lowest BCUT2D eigenvalue weighted by Crippen LogP contribution is -2.50. The molecule has 3 rings (SSSR count). The van der Waals surface area contributed by atoms with Crippen molar-refractivity contribution in [2.24, 2.45) is 0 Å². The second kappa shape index (κ2) is 8.33. The van der Waals surface area contributed by atoms with Crippen molar-refractivity contribution < 1.29 is 14.3 Å². The zero-order valence-corrected chi connectivity index (χ0v) is 15.0. The van der Waals surface area contributed by atoms with E-state index in [1.807, 2.05) is 41.3 Å². The molecule has 0 radical (unpaired) electrons. The van der Waals surface area contributed by atoms with E-state index in [1.54, 1.807) is 4.90 Å². The molecule has 0 unspecified atom stereocenters. The van der Waals surface area contributed by atoms with Gasteiger partial charge in [0.05, 0.1) is 25.5 Å². The molecule has 1 aliphatic rings. The third-order valence-corrected chi connectivity index (χ3v) is 4.32. The van der Waals surface area contributed by atoms with Gasteiger partial charge < -0.3 is 15.0 Å². The highest BCUT2D eigenvalue weighted by molar-refractivity contribution is 5.93. The average molecular weight is 368 g/mol. The summed E-state index contributed by atoms with van der Waals surface area (Å²) in [4.78, 5) is 27.6. The minimum absolute atomic E-state index is 0.167. The molecule has 0 bridgehead atoms. The molecule has 27 heavy (non-hydrogen) atoms. The Morgan fingerprint density at radius 1 is 1.22 bits per heavy atom. The lowest BCUT2D eigenvalue weighted by Gasteiger charge is -2.33. The first-order chi connectivity index (χ1) is 13.1. The normalized spacial score (nSPS) is 14.4. The van der Waals surface area contributed by atoms with E-state index < -0.39 is 0 Å². The van der Waals surface area contributed by atoms with Gasteiger partial charge in [0.25, 0.3) is 0 Å². The maximum absolute atomic E-state index is 12.5.